The van der Waals surface area contributed by atoms with Crippen molar-refractivity contribution < 1.29 is 9.53 Å². The van der Waals surface area contributed by atoms with Crippen LogP contribution < -0.4 is 10.1 Å². The van der Waals surface area contributed by atoms with Gasteiger partial charge in [0.1, 0.15) is 11.4 Å². The molecule has 1 N–H and O–H groups in total. The topological polar surface area (TPSA) is 38.3 Å². The molecule has 1 aliphatic heterocycles. The van der Waals surface area contributed by atoms with Crippen molar-refractivity contribution in [3.05, 3.63) is 59.7 Å². The lowest BCUT2D eigenvalue weighted by Gasteiger charge is -2.38. The predicted octanol–water partition coefficient (Wildman–Crippen LogP) is 4.89. The lowest BCUT2D eigenvalue weighted by Crippen LogP contribution is -2.43. The monoisotopic (exact) mass is 355 g/mol. The molecule has 0 unspecified atom stereocenters. The number of rotatable bonds is 4. The van der Waals surface area contributed by atoms with Crippen LogP contribution in [0.3, 0.4) is 0 Å². The Balaban J connectivity index is 1.74. The number of hydrogen-bond donors (Lipinski definition) is 1. The molecule has 0 saturated carbocycles. The zero-order chi connectivity index (χ0) is 18.0. The molecule has 25 heavy (non-hydrogen) atoms. The molecular formula is C21H25NO2S. The molecule has 1 amide bonds. The van der Waals surface area contributed by atoms with E-state index in [4.69, 9.17) is 4.74 Å². The van der Waals surface area contributed by atoms with Gasteiger partial charge in [0.2, 0.25) is 5.91 Å². The Morgan fingerprint density at radius 2 is 1.96 bits per heavy atom. The molecule has 0 radical (unpaired) electrons. The highest BCUT2D eigenvalue weighted by molar-refractivity contribution is 8.00. The first-order chi connectivity index (χ1) is 11.8. The number of benzene rings is 2. The average Bonchev–Trinajstić information content (AvgIpc) is 2.54. The number of fused-ring (bicyclic) bond motifs is 1. The summed E-state index contributed by atoms with van der Waals surface area (Å²) >= 11 is 1.58. The molecule has 3 rings (SSSR count). The highest BCUT2D eigenvalue weighted by Gasteiger charge is 2.35. The Morgan fingerprint density at radius 1 is 1.24 bits per heavy atom. The van der Waals surface area contributed by atoms with E-state index in [1.807, 2.05) is 37.3 Å². The molecule has 1 aliphatic rings. The van der Waals surface area contributed by atoms with E-state index in [2.05, 4.69) is 44.3 Å². The van der Waals surface area contributed by atoms with Crippen molar-refractivity contribution in [1.29, 1.82) is 0 Å². The zero-order valence-corrected chi connectivity index (χ0v) is 16.0. The SMILES string of the molecule is Cc1ccc2c(c1)OC(C)(C)C[C@H]2NC(=O)[C@@H](C)Sc1ccccc1. The number of carbonyl (C=O) groups is 1. The van der Waals surface area contributed by atoms with Crippen molar-refractivity contribution in [2.45, 2.75) is 55.9 Å². The van der Waals surface area contributed by atoms with Gasteiger partial charge in [0.15, 0.2) is 0 Å². The molecule has 1 heterocycles. The Hall–Kier alpha value is -1.94. The summed E-state index contributed by atoms with van der Waals surface area (Å²) < 4.78 is 6.11. The second-order valence-electron chi connectivity index (χ2n) is 7.24. The van der Waals surface area contributed by atoms with Gasteiger partial charge in [-0.2, -0.15) is 0 Å². The van der Waals surface area contributed by atoms with Crippen molar-refractivity contribution in [1.82, 2.24) is 5.32 Å². The molecule has 2 atom stereocenters. The minimum Gasteiger partial charge on any atom is -0.487 e. The van der Waals surface area contributed by atoms with Crippen LogP contribution in [0.15, 0.2) is 53.4 Å². The second kappa shape index (κ2) is 7.12. The van der Waals surface area contributed by atoms with Crippen molar-refractivity contribution in [2.75, 3.05) is 0 Å². The molecule has 132 valence electrons. The van der Waals surface area contributed by atoms with Crippen LogP contribution in [0.5, 0.6) is 5.75 Å². The summed E-state index contributed by atoms with van der Waals surface area (Å²) in [5.41, 5.74) is 1.93. The third kappa shape index (κ3) is 4.37. The molecule has 0 aromatic heterocycles. The maximum absolute atomic E-state index is 12.7. The van der Waals surface area contributed by atoms with Crippen LogP contribution in [-0.4, -0.2) is 16.8 Å². The van der Waals surface area contributed by atoms with Gasteiger partial charge in [-0.25, -0.2) is 0 Å². The molecule has 0 bridgehead atoms. The van der Waals surface area contributed by atoms with Crippen molar-refractivity contribution in [3.63, 3.8) is 0 Å². The van der Waals surface area contributed by atoms with E-state index in [0.29, 0.717) is 0 Å². The number of ether oxygens (including phenoxy) is 1. The number of thioether (sulfide) groups is 1. The molecule has 2 aromatic rings. The lowest BCUT2D eigenvalue weighted by molar-refractivity contribution is -0.121. The van der Waals surface area contributed by atoms with Crippen LogP contribution in [0.4, 0.5) is 0 Å². The van der Waals surface area contributed by atoms with Gasteiger partial charge in [-0.15, -0.1) is 11.8 Å². The standard InChI is InChI=1S/C21H25NO2S/c1-14-10-11-17-18(13-21(3,4)24-19(17)12-14)22-20(23)15(2)25-16-8-6-5-7-9-16/h5-12,15,18H,13H2,1-4H3,(H,22,23)/t15-,18-/m1/s1. The van der Waals surface area contributed by atoms with Gasteiger partial charge in [0.05, 0.1) is 11.3 Å². The van der Waals surface area contributed by atoms with Crippen molar-refractivity contribution in [3.8, 4) is 5.75 Å². The third-order valence-electron chi connectivity index (χ3n) is 4.37. The first-order valence-electron chi connectivity index (χ1n) is 8.66. The van der Waals surface area contributed by atoms with Crippen molar-refractivity contribution in [2.24, 2.45) is 0 Å². The van der Waals surface area contributed by atoms with Crippen LogP contribution in [0.1, 0.15) is 44.4 Å². The van der Waals surface area contributed by atoms with Gasteiger partial charge in [0, 0.05) is 16.9 Å². The number of amides is 1. The minimum atomic E-state index is -0.297. The first-order valence-corrected chi connectivity index (χ1v) is 9.54. The van der Waals surface area contributed by atoms with Gasteiger partial charge in [-0.05, 0) is 51.5 Å². The van der Waals surface area contributed by atoms with E-state index < -0.39 is 0 Å². The largest absolute Gasteiger partial charge is 0.487 e. The van der Waals surface area contributed by atoms with Crippen LogP contribution in [0.25, 0.3) is 0 Å². The summed E-state index contributed by atoms with van der Waals surface area (Å²) in [5, 5.41) is 3.08. The van der Waals surface area contributed by atoms with Crippen LogP contribution >= 0.6 is 11.8 Å². The summed E-state index contributed by atoms with van der Waals surface area (Å²) in [6.07, 6.45) is 0.761. The fourth-order valence-corrected chi connectivity index (χ4v) is 4.03. The summed E-state index contributed by atoms with van der Waals surface area (Å²) in [5.74, 6) is 0.938. The highest BCUT2D eigenvalue weighted by atomic mass is 32.2. The minimum absolute atomic E-state index is 0.0225. The summed E-state index contributed by atoms with van der Waals surface area (Å²) in [7, 11) is 0. The van der Waals surface area contributed by atoms with Gasteiger partial charge in [0.25, 0.3) is 0 Å². The van der Waals surface area contributed by atoms with Gasteiger partial charge < -0.3 is 10.1 Å². The van der Waals surface area contributed by atoms with E-state index in [1.165, 1.54) is 0 Å². The molecule has 3 nitrogen and oxygen atoms in total. The highest BCUT2D eigenvalue weighted by Crippen LogP contribution is 2.40. The Bertz CT molecular complexity index is 758. The quantitative estimate of drug-likeness (QED) is 0.793. The van der Waals surface area contributed by atoms with E-state index >= 15 is 0 Å². The molecule has 4 heteroatoms. The van der Waals surface area contributed by atoms with E-state index in [0.717, 1.165) is 28.2 Å². The van der Waals surface area contributed by atoms with Crippen molar-refractivity contribution >= 4 is 17.7 Å². The summed E-state index contributed by atoms with van der Waals surface area (Å²) in [6, 6.07) is 16.2. The van der Waals surface area contributed by atoms with E-state index in [9.17, 15) is 4.79 Å². The fourth-order valence-electron chi connectivity index (χ4n) is 3.13. The second-order valence-corrected chi connectivity index (χ2v) is 8.66. The molecule has 0 spiro atoms. The smallest absolute Gasteiger partial charge is 0.233 e. The molecule has 0 aliphatic carbocycles. The third-order valence-corrected chi connectivity index (χ3v) is 5.48. The summed E-state index contributed by atoms with van der Waals surface area (Å²) in [4.78, 5) is 13.8. The van der Waals surface area contributed by atoms with Crippen LogP contribution in [0, 0.1) is 6.92 Å². The maximum atomic E-state index is 12.7. The Labute approximate surface area is 154 Å². The van der Waals surface area contributed by atoms with Gasteiger partial charge >= 0.3 is 0 Å². The average molecular weight is 356 g/mol. The molecule has 0 fully saturated rings. The Kier molecular flexibility index (Phi) is 5.09. The fraction of sp³-hybridized carbons (Fsp3) is 0.381. The number of nitrogens with one attached hydrogen (secondary N) is 1. The van der Waals surface area contributed by atoms with Gasteiger partial charge in [-0.1, -0.05) is 30.3 Å². The predicted molar refractivity (Wildman–Crippen MR) is 103 cm³/mol. The number of hydrogen-bond acceptors (Lipinski definition) is 3. The number of carbonyl (C=O) groups excluding carboxylic acids is 1. The zero-order valence-electron chi connectivity index (χ0n) is 15.2. The molecular weight excluding hydrogens is 330 g/mol. The van der Waals surface area contributed by atoms with Gasteiger partial charge in [-0.3, -0.25) is 4.79 Å². The lowest BCUT2D eigenvalue weighted by atomic mass is 9.89. The number of aryl methyl sites for hydroxylation is 1. The first kappa shape index (κ1) is 17.9. The Morgan fingerprint density at radius 3 is 2.68 bits per heavy atom. The van der Waals surface area contributed by atoms with E-state index in [-0.39, 0.29) is 22.8 Å². The molecule has 2 aromatic carbocycles. The maximum Gasteiger partial charge on any atom is 0.233 e. The summed E-state index contributed by atoms with van der Waals surface area (Å²) in [6.45, 7) is 8.14. The van der Waals surface area contributed by atoms with E-state index in [1.54, 1.807) is 11.8 Å². The molecule has 0 saturated heterocycles. The van der Waals surface area contributed by atoms with Crippen LogP contribution in [0.2, 0.25) is 0 Å². The normalized spacial score (nSPS) is 19.4. The van der Waals surface area contributed by atoms with Crippen LogP contribution in [-0.2, 0) is 4.79 Å².